The fraction of sp³-hybridized carbons (Fsp3) is 0.759. The minimum absolute atomic E-state index is 0.0351. The summed E-state index contributed by atoms with van der Waals surface area (Å²) in [4.78, 5) is 16.0. The third-order valence-electron chi connectivity index (χ3n) is 8.27. The largest absolute Gasteiger partial charge is 0.383 e. The summed E-state index contributed by atoms with van der Waals surface area (Å²) in [6, 6.07) is 6.33. The molecule has 2 fully saturated rings. The van der Waals surface area contributed by atoms with E-state index in [4.69, 9.17) is 23.7 Å². The van der Waals surface area contributed by atoms with Gasteiger partial charge in [-0.25, -0.2) is 0 Å². The van der Waals surface area contributed by atoms with E-state index in [9.17, 15) is 4.79 Å². The number of likely N-dealkylation sites (tertiary alicyclic amines) is 1. The molecule has 1 saturated heterocycles. The minimum Gasteiger partial charge on any atom is -0.383 e. The van der Waals surface area contributed by atoms with Gasteiger partial charge in [0.25, 0.3) is 0 Å². The monoisotopic (exact) mass is 518 g/mol. The molecule has 3 aliphatic rings. The molecule has 1 heterocycles. The minimum atomic E-state index is 0.0351. The van der Waals surface area contributed by atoms with Gasteiger partial charge in [0.2, 0.25) is 0 Å². The Bertz CT molecular complexity index is 863. The Hall–Kier alpha value is -1.55. The van der Waals surface area contributed by atoms with Gasteiger partial charge in [-0.3, -0.25) is 9.69 Å². The number of ketones is 1. The molecule has 0 unspecified atom stereocenters. The molecule has 8 nitrogen and oxygen atoms in total. The second-order valence-corrected chi connectivity index (χ2v) is 10.8. The van der Waals surface area contributed by atoms with Crippen LogP contribution in [0.1, 0.15) is 49.0 Å². The van der Waals surface area contributed by atoms with Crippen molar-refractivity contribution in [2.45, 2.75) is 44.6 Å². The average molecular weight is 519 g/mol. The summed E-state index contributed by atoms with van der Waals surface area (Å²) in [5.41, 5.74) is 3.24. The molecule has 4 rings (SSSR count). The number of rotatable bonds is 18. The van der Waals surface area contributed by atoms with Gasteiger partial charge >= 0.3 is 0 Å². The molecule has 2 aliphatic carbocycles. The second-order valence-electron chi connectivity index (χ2n) is 10.8. The molecule has 0 amide bonds. The number of carbonyl (C=O) groups is 1. The van der Waals surface area contributed by atoms with Crippen LogP contribution in [0, 0.1) is 11.8 Å². The number of hydrogen-bond donors (Lipinski definition) is 1. The van der Waals surface area contributed by atoms with Crippen LogP contribution >= 0.6 is 0 Å². The van der Waals surface area contributed by atoms with Crippen molar-refractivity contribution >= 4 is 11.5 Å². The number of piperidine rings is 1. The molecule has 1 saturated carbocycles. The fourth-order valence-corrected chi connectivity index (χ4v) is 5.69. The van der Waals surface area contributed by atoms with Gasteiger partial charge < -0.3 is 29.0 Å². The smallest absolute Gasteiger partial charge is 0.180 e. The Morgan fingerprint density at radius 3 is 2.19 bits per heavy atom. The van der Waals surface area contributed by atoms with Gasteiger partial charge in [0.05, 0.1) is 65.5 Å². The first-order valence-corrected chi connectivity index (χ1v) is 14.0. The molecule has 37 heavy (non-hydrogen) atoms. The number of nitrogens with one attached hydrogen (secondary N) is 1. The molecule has 1 aliphatic heterocycles. The first-order chi connectivity index (χ1) is 18.0. The van der Waals surface area contributed by atoms with Crippen molar-refractivity contribution < 1.29 is 28.5 Å². The van der Waals surface area contributed by atoms with E-state index in [1.165, 1.54) is 18.4 Å². The fourth-order valence-electron chi connectivity index (χ4n) is 5.69. The van der Waals surface area contributed by atoms with Gasteiger partial charge in [-0.05, 0) is 66.8 Å². The van der Waals surface area contributed by atoms with Crippen LogP contribution in [-0.2, 0) is 29.1 Å². The number of hydrogen-bond acceptors (Lipinski definition) is 8. The first-order valence-electron chi connectivity index (χ1n) is 14.0. The van der Waals surface area contributed by atoms with Crippen LogP contribution in [0.25, 0.3) is 0 Å². The molecule has 2 bridgehead atoms. The highest BCUT2D eigenvalue weighted by Crippen LogP contribution is 2.49. The molecule has 1 aromatic rings. The van der Waals surface area contributed by atoms with Crippen molar-refractivity contribution in [2.75, 3.05) is 91.5 Å². The third kappa shape index (κ3) is 7.52. The van der Waals surface area contributed by atoms with E-state index in [2.05, 4.69) is 30.1 Å². The number of Topliss-reactive ketones (excluding diaryl/α,β-unsaturated/α-hetero) is 1. The van der Waals surface area contributed by atoms with Crippen LogP contribution in [0.2, 0.25) is 0 Å². The topological polar surface area (TPSA) is 78.5 Å². The van der Waals surface area contributed by atoms with Crippen molar-refractivity contribution in [1.82, 2.24) is 4.90 Å². The maximum atomic E-state index is 13.5. The van der Waals surface area contributed by atoms with E-state index >= 15 is 0 Å². The van der Waals surface area contributed by atoms with E-state index in [0.29, 0.717) is 77.7 Å². The predicted molar refractivity (Wildman–Crippen MR) is 144 cm³/mol. The molecule has 1 N–H and O–H groups in total. The average Bonchev–Trinajstić information content (AvgIpc) is 3.72. The maximum absolute atomic E-state index is 13.5. The zero-order valence-corrected chi connectivity index (χ0v) is 23.0. The Kier molecular flexibility index (Phi) is 10.8. The summed E-state index contributed by atoms with van der Waals surface area (Å²) >= 11 is 0. The third-order valence-corrected chi connectivity index (χ3v) is 8.27. The van der Waals surface area contributed by atoms with Crippen molar-refractivity contribution in [3.05, 3.63) is 29.3 Å². The van der Waals surface area contributed by atoms with Crippen molar-refractivity contribution in [1.29, 1.82) is 0 Å². The Morgan fingerprint density at radius 1 is 0.946 bits per heavy atom. The van der Waals surface area contributed by atoms with Gasteiger partial charge in [0.15, 0.2) is 5.78 Å². The number of ether oxygens (including phenoxy) is 5. The van der Waals surface area contributed by atoms with Gasteiger partial charge in [0.1, 0.15) is 0 Å². The van der Waals surface area contributed by atoms with Gasteiger partial charge in [-0.2, -0.15) is 0 Å². The molecule has 0 radical (unpaired) electrons. The summed E-state index contributed by atoms with van der Waals surface area (Å²) in [5, 5.41) is 3.47. The highest BCUT2D eigenvalue weighted by Gasteiger charge is 2.52. The number of methoxy groups -OCH3 is 1. The number of anilines is 1. The zero-order chi connectivity index (χ0) is 26.1. The van der Waals surface area contributed by atoms with E-state index in [1.54, 1.807) is 7.11 Å². The summed E-state index contributed by atoms with van der Waals surface area (Å²) < 4.78 is 26.9. The number of nitrogens with zero attached hydrogens (tertiary/aromatic N) is 1. The van der Waals surface area contributed by atoms with Crippen LogP contribution < -0.4 is 5.32 Å². The molecule has 1 aromatic carbocycles. The van der Waals surface area contributed by atoms with Crippen molar-refractivity contribution in [3.8, 4) is 0 Å². The van der Waals surface area contributed by atoms with E-state index < -0.39 is 0 Å². The summed E-state index contributed by atoms with van der Waals surface area (Å²) in [5.74, 6) is 1.45. The lowest BCUT2D eigenvalue weighted by atomic mass is 9.58. The molecule has 8 heteroatoms. The van der Waals surface area contributed by atoms with Crippen LogP contribution in [-0.4, -0.2) is 103 Å². The van der Waals surface area contributed by atoms with Gasteiger partial charge in [0, 0.05) is 31.5 Å². The SMILES string of the molecule is COCCOCCOCCOCCOCCNc1ccc2c(c1)[C@@]1(C)CCN(CC3CC3)[C@H](C2=O)[C@@H]1C. The Morgan fingerprint density at radius 2 is 1.57 bits per heavy atom. The summed E-state index contributed by atoms with van der Waals surface area (Å²) in [6.45, 7) is 12.6. The Labute approximate surface area is 222 Å². The van der Waals surface area contributed by atoms with Gasteiger partial charge in [-0.15, -0.1) is 0 Å². The van der Waals surface area contributed by atoms with Crippen molar-refractivity contribution in [3.63, 3.8) is 0 Å². The summed E-state index contributed by atoms with van der Waals surface area (Å²) in [6.07, 6.45) is 3.76. The highest BCUT2D eigenvalue weighted by atomic mass is 16.6. The van der Waals surface area contributed by atoms with Crippen LogP contribution in [0.15, 0.2) is 18.2 Å². The number of fused-ring (bicyclic) bond motifs is 4. The van der Waals surface area contributed by atoms with E-state index in [-0.39, 0.29) is 11.5 Å². The lowest BCUT2D eigenvalue weighted by molar-refractivity contribution is -0.00700. The van der Waals surface area contributed by atoms with Crippen LogP contribution in [0.3, 0.4) is 0 Å². The maximum Gasteiger partial charge on any atom is 0.180 e. The summed E-state index contributed by atoms with van der Waals surface area (Å²) in [7, 11) is 1.66. The lowest BCUT2D eigenvalue weighted by Gasteiger charge is -2.53. The van der Waals surface area contributed by atoms with Crippen LogP contribution in [0.4, 0.5) is 5.69 Å². The Balaban J connectivity index is 1.12. The molecule has 0 aromatic heterocycles. The normalized spacial score (nSPS) is 25.3. The quantitative estimate of drug-likeness (QED) is 0.297. The molecule has 208 valence electrons. The number of carbonyl (C=O) groups excluding carboxylic acids is 1. The predicted octanol–water partition coefficient (Wildman–Crippen LogP) is 3.39. The molecular formula is C29H46N2O6. The standard InChI is InChI=1S/C29H46N2O6/c1-22-27-28(32)25-7-6-24(20-26(25)29(22,2)8-10-31(27)21-23-4-5-23)30-9-11-34-14-15-36-18-19-37-17-16-35-13-12-33-3/h6-7,20,22-23,27,30H,4-5,8-19,21H2,1-3H3/t22-,27-,29-/m0/s1. The zero-order valence-electron chi connectivity index (χ0n) is 23.0. The lowest BCUT2D eigenvalue weighted by Crippen LogP contribution is -2.61. The first kappa shape index (κ1) is 28.5. The molecule has 0 spiro atoms. The highest BCUT2D eigenvalue weighted by molar-refractivity contribution is 6.04. The van der Waals surface area contributed by atoms with E-state index in [0.717, 1.165) is 36.7 Å². The number of benzene rings is 1. The van der Waals surface area contributed by atoms with Gasteiger partial charge in [-0.1, -0.05) is 13.8 Å². The molecular weight excluding hydrogens is 472 g/mol. The second kappa shape index (κ2) is 14.0. The van der Waals surface area contributed by atoms with Crippen LogP contribution in [0.5, 0.6) is 0 Å². The van der Waals surface area contributed by atoms with Crippen molar-refractivity contribution in [2.24, 2.45) is 11.8 Å². The van der Waals surface area contributed by atoms with E-state index in [1.807, 2.05) is 12.1 Å². The molecule has 3 atom stereocenters.